The van der Waals surface area contributed by atoms with Crippen molar-refractivity contribution in [2.24, 2.45) is 0 Å². The predicted octanol–water partition coefficient (Wildman–Crippen LogP) is 4.38. The number of rotatable bonds is 4. The highest BCUT2D eigenvalue weighted by atomic mass is 16.5. The lowest BCUT2D eigenvalue weighted by Gasteiger charge is -2.08. The Morgan fingerprint density at radius 3 is 2.39 bits per heavy atom. The molecule has 0 bridgehead atoms. The number of para-hydroxylation sites is 1. The van der Waals surface area contributed by atoms with E-state index < -0.39 is 0 Å². The second-order valence-corrected chi connectivity index (χ2v) is 4.17. The maximum Gasteiger partial charge on any atom is 0.162 e. The van der Waals surface area contributed by atoms with E-state index >= 15 is 0 Å². The molecule has 0 radical (unpaired) electrons. The first-order valence-electron chi connectivity index (χ1n) is 6.07. The van der Waals surface area contributed by atoms with Gasteiger partial charge in [0, 0.05) is 12.0 Å². The summed E-state index contributed by atoms with van der Waals surface area (Å²) >= 11 is 0. The Labute approximate surface area is 107 Å². The van der Waals surface area contributed by atoms with Gasteiger partial charge in [-0.2, -0.15) is 0 Å². The van der Waals surface area contributed by atoms with Crippen LogP contribution in [0.25, 0.3) is 0 Å². The number of benzene rings is 2. The number of ketones is 1. The van der Waals surface area contributed by atoms with Crippen molar-refractivity contribution in [1.82, 2.24) is 0 Å². The van der Waals surface area contributed by atoms with E-state index in [1.807, 2.05) is 62.4 Å². The van der Waals surface area contributed by atoms with Gasteiger partial charge in [0.2, 0.25) is 0 Å². The number of carbonyl (C=O) groups is 1. The number of aryl methyl sites for hydroxylation is 1. The summed E-state index contributed by atoms with van der Waals surface area (Å²) in [6.45, 7) is 3.80. The van der Waals surface area contributed by atoms with Crippen LogP contribution in [0.5, 0.6) is 11.5 Å². The third-order valence-electron chi connectivity index (χ3n) is 2.80. The van der Waals surface area contributed by atoms with Crippen molar-refractivity contribution in [2.45, 2.75) is 20.3 Å². The van der Waals surface area contributed by atoms with Gasteiger partial charge >= 0.3 is 0 Å². The summed E-state index contributed by atoms with van der Waals surface area (Å²) in [5.41, 5.74) is 1.73. The molecule has 0 heterocycles. The highest BCUT2D eigenvalue weighted by Gasteiger charge is 2.07. The molecule has 0 atom stereocenters. The van der Waals surface area contributed by atoms with E-state index in [-0.39, 0.29) is 5.78 Å². The van der Waals surface area contributed by atoms with E-state index in [1.54, 1.807) is 0 Å². The third-order valence-corrected chi connectivity index (χ3v) is 2.80. The molecule has 2 nitrogen and oxygen atoms in total. The predicted molar refractivity (Wildman–Crippen MR) is 72.3 cm³/mol. The summed E-state index contributed by atoms with van der Waals surface area (Å²) in [5, 5.41) is 0. The molecule has 0 spiro atoms. The fraction of sp³-hybridized carbons (Fsp3) is 0.188. The zero-order chi connectivity index (χ0) is 13.0. The highest BCUT2D eigenvalue weighted by Crippen LogP contribution is 2.24. The lowest BCUT2D eigenvalue weighted by molar-refractivity contribution is 0.0987. The van der Waals surface area contributed by atoms with Gasteiger partial charge in [-0.3, -0.25) is 4.79 Å². The van der Waals surface area contributed by atoms with Crippen LogP contribution in [0, 0.1) is 6.92 Å². The van der Waals surface area contributed by atoms with Gasteiger partial charge in [-0.25, -0.2) is 0 Å². The van der Waals surface area contributed by atoms with Gasteiger partial charge in [0.05, 0.1) is 0 Å². The normalized spacial score (nSPS) is 10.1. The van der Waals surface area contributed by atoms with Gasteiger partial charge in [-0.05, 0) is 42.8 Å². The molecule has 2 rings (SSSR count). The molecule has 0 saturated heterocycles. The largest absolute Gasteiger partial charge is 0.457 e. The maximum atomic E-state index is 11.7. The van der Waals surface area contributed by atoms with Crippen molar-refractivity contribution in [2.75, 3.05) is 0 Å². The lowest BCUT2D eigenvalue weighted by Crippen LogP contribution is -1.99. The van der Waals surface area contributed by atoms with Crippen molar-refractivity contribution in [1.29, 1.82) is 0 Å². The van der Waals surface area contributed by atoms with E-state index in [2.05, 4.69) is 0 Å². The van der Waals surface area contributed by atoms with Gasteiger partial charge < -0.3 is 4.74 Å². The van der Waals surface area contributed by atoms with E-state index in [9.17, 15) is 4.79 Å². The molecular formula is C16H16O2. The van der Waals surface area contributed by atoms with Crippen LogP contribution in [0.15, 0.2) is 48.5 Å². The highest BCUT2D eigenvalue weighted by molar-refractivity contribution is 5.97. The van der Waals surface area contributed by atoms with Gasteiger partial charge in [0.1, 0.15) is 11.5 Å². The molecule has 0 unspecified atom stereocenters. The molecule has 0 aromatic heterocycles. The Morgan fingerprint density at radius 2 is 1.78 bits per heavy atom. The summed E-state index contributed by atoms with van der Waals surface area (Å²) in [7, 11) is 0. The van der Waals surface area contributed by atoms with Gasteiger partial charge in [0.25, 0.3) is 0 Å². The average molecular weight is 240 g/mol. The topological polar surface area (TPSA) is 26.3 Å². The van der Waals surface area contributed by atoms with E-state index in [0.29, 0.717) is 6.42 Å². The van der Waals surface area contributed by atoms with Crippen molar-refractivity contribution in [3.05, 3.63) is 59.7 Å². The van der Waals surface area contributed by atoms with Crippen molar-refractivity contribution >= 4 is 5.78 Å². The Balaban J connectivity index is 2.22. The summed E-state index contributed by atoms with van der Waals surface area (Å²) in [5.74, 6) is 1.72. The van der Waals surface area contributed by atoms with Crippen molar-refractivity contribution in [3.8, 4) is 11.5 Å². The Morgan fingerprint density at radius 1 is 1.06 bits per heavy atom. The smallest absolute Gasteiger partial charge is 0.162 e. The maximum absolute atomic E-state index is 11.7. The van der Waals surface area contributed by atoms with Gasteiger partial charge in [0.15, 0.2) is 5.78 Å². The zero-order valence-electron chi connectivity index (χ0n) is 10.6. The molecule has 0 aliphatic heterocycles. The molecule has 2 aromatic carbocycles. The first-order valence-corrected chi connectivity index (χ1v) is 6.07. The molecule has 2 heteroatoms. The molecule has 18 heavy (non-hydrogen) atoms. The third kappa shape index (κ3) is 2.77. The second-order valence-electron chi connectivity index (χ2n) is 4.17. The summed E-state index contributed by atoms with van der Waals surface area (Å²) in [6, 6.07) is 15.2. The Hall–Kier alpha value is -2.09. The summed E-state index contributed by atoms with van der Waals surface area (Å²) in [6.07, 6.45) is 0.528. The Bertz CT molecular complexity index is 544. The number of ether oxygens (including phenoxy) is 1. The lowest BCUT2D eigenvalue weighted by atomic mass is 10.0. The number of hydrogen-bond donors (Lipinski definition) is 0. The number of Topliss-reactive ketones (excluding diaryl/α,β-unsaturated/α-hetero) is 1. The molecule has 2 aromatic rings. The van der Waals surface area contributed by atoms with Crippen LogP contribution < -0.4 is 4.74 Å². The molecular weight excluding hydrogens is 224 g/mol. The fourth-order valence-electron chi connectivity index (χ4n) is 1.83. The second kappa shape index (κ2) is 5.50. The molecule has 92 valence electrons. The van der Waals surface area contributed by atoms with E-state index in [1.165, 1.54) is 0 Å². The standard InChI is InChI=1S/C16H16O2/c1-3-16(17)15-10-9-14(11-12(15)2)18-13-7-5-4-6-8-13/h4-11H,3H2,1-2H3. The van der Waals surface area contributed by atoms with Crippen LogP contribution in [0.1, 0.15) is 29.3 Å². The van der Waals surface area contributed by atoms with Crippen LogP contribution in [0.4, 0.5) is 0 Å². The molecule has 0 N–H and O–H groups in total. The summed E-state index contributed by atoms with van der Waals surface area (Å²) < 4.78 is 5.72. The van der Waals surface area contributed by atoms with Crippen LogP contribution >= 0.6 is 0 Å². The minimum absolute atomic E-state index is 0.166. The molecule has 0 aliphatic carbocycles. The minimum atomic E-state index is 0.166. The fourth-order valence-corrected chi connectivity index (χ4v) is 1.83. The molecule has 0 aliphatic rings. The van der Waals surface area contributed by atoms with Crippen LogP contribution in [0.3, 0.4) is 0 Å². The molecule has 0 fully saturated rings. The van der Waals surface area contributed by atoms with Crippen LogP contribution in [-0.4, -0.2) is 5.78 Å². The number of hydrogen-bond acceptors (Lipinski definition) is 2. The molecule has 0 amide bonds. The van der Waals surface area contributed by atoms with Crippen molar-refractivity contribution in [3.63, 3.8) is 0 Å². The van der Waals surface area contributed by atoms with E-state index in [4.69, 9.17) is 4.74 Å². The van der Waals surface area contributed by atoms with Gasteiger partial charge in [-0.1, -0.05) is 25.1 Å². The first-order chi connectivity index (χ1) is 8.70. The van der Waals surface area contributed by atoms with E-state index in [0.717, 1.165) is 22.6 Å². The number of carbonyl (C=O) groups excluding carboxylic acids is 1. The quantitative estimate of drug-likeness (QED) is 0.741. The Kier molecular flexibility index (Phi) is 3.78. The average Bonchev–Trinajstić information content (AvgIpc) is 2.39. The SMILES string of the molecule is CCC(=O)c1ccc(Oc2ccccc2)cc1C. The minimum Gasteiger partial charge on any atom is -0.457 e. The first kappa shape index (κ1) is 12.4. The van der Waals surface area contributed by atoms with Crippen LogP contribution in [-0.2, 0) is 0 Å². The van der Waals surface area contributed by atoms with Crippen LogP contribution in [0.2, 0.25) is 0 Å². The monoisotopic (exact) mass is 240 g/mol. The van der Waals surface area contributed by atoms with Crippen molar-refractivity contribution < 1.29 is 9.53 Å². The molecule has 0 saturated carbocycles. The summed E-state index contributed by atoms with van der Waals surface area (Å²) in [4.78, 5) is 11.7. The van der Waals surface area contributed by atoms with Gasteiger partial charge in [-0.15, -0.1) is 0 Å². The zero-order valence-corrected chi connectivity index (χ0v) is 10.6.